The fourth-order valence-electron chi connectivity index (χ4n) is 9.18. The number of hydrogen-bond acceptors (Lipinski definition) is 7. The predicted molar refractivity (Wildman–Crippen MR) is 127 cm³/mol. The van der Waals surface area contributed by atoms with Gasteiger partial charge in [-0.15, -0.1) is 0 Å². The van der Waals surface area contributed by atoms with Crippen molar-refractivity contribution in [2.24, 2.45) is 17.3 Å². The Balaban J connectivity index is 1.43. The highest BCUT2D eigenvalue weighted by atomic mass is 16.7. The number of likely N-dealkylation sites (tertiary alicyclic amines) is 1. The first-order valence-electron chi connectivity index (χ1n) is 13.4. The van der Waals surface area contributed by atoms with Gasteiger partial charge in [0.15, 0.2) is 11.5 Å². The normalized spacial score (nSPS) is 40.1. The van der Waals surface area contributed by atoms with Crippen LogP contribution in [0.4, 0.5) is 4.79 Å². The predicted octanol–water partition coefficient (Wildman–Crippen LogP) is 4.04. The molecule has 4 bridgehead atoms. The number of ether oxygens (including phenoxy) is 4. The molecule has 4 saturated carbocycles. The molecular weight excluding hydrogens is 446 g/mol. The maximum Gasteiger partial charge on any atom is 0.513 e. The number of hydrogen-bond donors (Lipinski definition) is 0. The number of nitrogens with zero attached hydrogens (tertiary/aromatic N) is 1. The lowest BCUT2D eigenvalue weighted by Gasteiger charge is -2.73. The molecule has 7 aliphatic rings. The summed E-state index contributed by atoms with van der Waals surface area (Å²) in [7, 11) is 1.75. The molecule has 0 N–H and O–H groups in total. The van der Waals surface area contributed by atoms with Crippen LogP contribution in [0.15, 0.2) is 12.1 Å². The monoisotopic (exact) mass is 481 g/mol. The molecule has 1 saturated heterocycles. The van der Waals surface area contributed by atoms with Crippen LogP contribution >= 0.6 is 0 Å². The Hall–Kier alpha value is -2.12. The third kappa shape index (κ3) is 2.59. The molecule has 188 valence electrons. The molecule has 0 unspecified atom stereocenters. The molecule has 8 rings (SSSR count). The zero-order valence-electron chi connectivity index (χ0n) is 20.9. The van der Waals surface area contributed by atoms with Crippen molar-refractivity contribution < 1.29 is 28.5 Å². The topological polar surface area (TPSA) is 74.3 Å². The third-order valence-electron chi connectivity index (χ3n) is 10.6. The number of carbonyl (C=O) groups excluding carboxylic acids is 2. The van der Waals surface area contributed by atoms with Gasteiger partial charge < -0.3 is 18.9 Å². The third-order valence-corrected chi connectivity index (χ3v) is 10.6. The van der Waals surface area contributed by atoms with E-state index in [1.807, 2.05) is 6.07 Å². The van der Waals surface area contributed by atoms with E-state index in [0.29, 0.717) is 17.5 Å². The van der Waals surface area contributed by atoms with Crippen molar-refractivity contribution >= 4 is 11.9 Å². The minimum Gasteiger partial charge on any atom is -0.482 e. The van der Waals surface area contributed by atoms with Crippen molar-refractivity contribution in [2.75, 3.05) is 26.8 Å². The van der Waals surface area contributed by atoms with Crippen LogP contribution in [-0.2, 0) is 26.1 Å². The minimum atomic E-state index is -0.714. The molecule has 2 heterocycles. The van der Waals surface area contributed by atoms with Crippen molar-refractivity contribution in [3.8, 4) is 11.5 Å². The smallest absolute Gasteiger partial charge is 0.482 e. The van der Waals surface area contributed by atoms with E-state index in [-0.39, 0.29) is 35.2 Å². The summed E-state index contributed by atoms with van der Waals surface area (Å²) >= 11 is 0. The number of methoxy groups -OCH3 is 1. The summed E-state index contributed by atoms with van der Waals surface area (Å²) in [6.07, 6.45) is 6.36. The fourth-order valence-corrected chi connectivity index (χ4v) is 9.18. The van der Waals surface area contributed by atoms with E-state index in [9.17, 15) is 9.59 Å². The van der Waals surface area contributed by atoms with Crippen LogP contribution in [0.3, 0.4) is 0 Å². The highest BCUT2D eigenvalue weighted by Crippen LogP contribution is 2.76. The van der Waals surface area contributed by atoms with E-state index in [2.05, 4.69) is 11.0 Å². The van der Waals surface area contributed by atoms with E-state index in [1.54, 1.807) is 21.0 Å². The first kappa shape index (κ1) is 22.1. The lowest BCUT2D eigenvalue weighted by Crippen LogP contribution is -2.81. The number of fused-ring (bicyclic) bond motifs is 2. The van der Waals surface area contributed by atoms with Gasteiger partial charge in [-0.25, -0.2) is 4.79 Å². The Morgan fingerprint density at radius 2 is 2.03 bits per heavy atom. The zero-order chi connectivity index (χ0) is 24.2. The van der Waals surface area contributed by atoms with Crippen molar-refractivity contribution in [1.29, 1.82) is 0 Å². The second-order valence-electron chi connectivity index (χ2n) is 11.8. The summed E-state index contributed by atoms with van der Waals surface area (Å²) in [5, 5.41) is 0. The molecule has 2 aliphatic heterocycles. The van der Waals surface area contributed by atoms with E-state index in [1.165, 1.54) is 30.5 Å². The Labute approximate surface area is 206 Å². The van der Waals surface area contributed by atoms with Gasteiger partial charge in [0.05, 0.1) is 12.5 Å². The Kier molecular flexibility index (Phi) is 4.56. The highest BCUT2D eigenvalue weighted by Gasteiger charge is 2.81. The van der Waals surface area contributed by atoms with Gasteiger partial charge in [-0.3, -0.25) is 9.69 Å². The Bertz CT molecular complexity index is 1110. The second-order valence-corrected chi connectivity index (χ2v) is 11.8. The van der Waals surface area contributed by atoms with Gasteiger partial charge in [0.1, 0.15) is 17.5 Å². The second kappa shape index (κ2) is 7.22. The summed E-state index contributed by atoms with van der Waals surface area (Å²) in [5.74, 6) is 1.92. The average Bonchev–Trinajstić information content (AvgIpc) is 3.58. The lowest BCUT2D eigenvalue weighted by atomic mass is 9.34. The number of piperidine rings is 1. The van der Waals surface area contributed by atoms with Gasteiger partial charge >= 0.3 is 6.16 Å². The van der Waals surface area contributed by atoms with Crippen LogP contribution in [0.5, 0.6) is 11.5 Å². The molecule has 0 aromatic heterocycles. The van der Waals surface area contributed by atoms with E-state index >= 15 is 0 Å². The molecule has 1 aromatic rings. The summed E-state index contributed by atoms with van der Waals surface area (Å²) in [4.78, 5) is 28.2. The molecular formula is C28H35NO6. The quantitative estimate of drug-likeness (QED) is 0.449. The number of Topliss-reactive ketones (excluding diaryl/α,β-unsaturated/α-hetero) is 1. The molecule has 2 spiro atoms. The van der Waals surface area contributed by atoms with Gasteiger partial charge in [-0.1, -0.05) is 6.07 Å². The minimum absolute atomic E-state index is 0.0395. The first-order chi connectivity index (χ1) is 16.9. The Morgan fingerprint density at radius 1 is 1.20 bits per heavy atom. The summed E-state index contributed by atoms with van der Waals surface area (Å²) in [6.45, 7) is 5.94. The Morgan fingerprint density at radius 3 is 2.74 bits per heavy atom. The van der Waals surface area contributed by atoms with E-state index in [4.69, 9.17) is 18.9 Å². The van der Waals surface area contributed by atoms with Gasteiger partial charge in [-0.05, 0) is 82.9 Å². The van der Waals surface area contributed by atoms with Crippen LogP contribution < -0.4 is 9.47 Å². The van der Waals surface area contributed by atoms with Crippen LogP contribution in [0.1, 0.15) is 63.5 Å². The van der Waals surface area contributed by atoms with Gasteiger partial charge in [0.2, 0.25) is 0 Å². The SMILES string of the molecule is CCOC(=O)Oc1ccc2c3c1O[C@H]1[C@@]4(OC)CC[C@@]5(C[C@@H]4C(C)=O)[C@@H](C2)N(CC2CC2)CC[C@]315. The molecule has 6 atom stereocenters. The molecule has 35 heavy (non-hydrogen) atoms. The molecule has 5 aliphatic carbocycles. The van der Waals surface area contributed by atoms with Crippen molar-refractivity contribution in [2.45, 2.75) is 82.0 Å². The van der Waals surface area contributed by atoms with Gasteiger partial charge in [0, 0.05) is 36.1 Å². The maximum atomic E-state index is 13.1. The zero-order valence-corrected chi connectivity index (χ0v) is 20.9. The van der Waals surface area contributed by atoms with Gasteiger partial charge in [0.25, 0.3) is 0 Å². The molecule has 7 nitrogen and oxygen atoms in total. The number of carbonyl (C=O) groups is 2. The van der Waals surface area contributed by atoms with E-state index < -0.39 is 11.8 Å². The van der Waals surface area contributed by atoms with Crippen molar-refractivity contribution in [3.05, 3.63) is 23.3 Å². The molecule has 7 heteroatoms. The van der Waals surface area contributed by atoms with Crippen LogP contribution in [-0.4, -0.2) is 61.4 Å². The first-order valence-corrected chi connectivity index (χ1v) is 13.4. The largest absolute Gasteiger partial charge is 0.513 e. The average molecular weight is 482 g/mol. The van der Waals surface area contributed by atoms with Gasteiger partial charge in [-0.2, -0.15) is 0 Å². The van der Waals surface area contributed by atoms with Crippen LogP contribution in [0.2, 0.25) is 0 Å². The van der Waals surface area contributed by atoms with Crippen LogP contribution in [0.25, 0.3) is 0 Å². The fraction of sp³-hybridized carbons (Fsp3) is 0.714. The van der Waals surface area contributed by atoms with Crippen molar-refractivity contribution in [3.63, 3.8) is 0 Å². The summed E-state index contributed by atoms with van der Waals surface area (Å²) in [6, 6.07) is 4.39. The van der Waals surface area contributed by atoms with Crippen molar-refractivity contribution in [1.82, 2.24) is 4.90 Å². The summed E-state index contributed by atoms with van der Waals surface area (Å²) in [5.41, 5.74) is 1.59. The highest BCUT2D eigenvalue weighted by molar-refractivity contribution is 5.81. The lowest BCUT2D eigenvalue weighted by molar-refractivity contribution is -0.271. The molecule has 0 radical (unpaired) electrons. The number of benzene rings is 1. The molecule has 1 aromatic carbocycles. The van der Waals surface area contributed by atoms with E-state index in [0.717, 1.165) is 44.6 Å². The summed E-state index contributed by atoms with van der Waals surface area (Å²) < 4.78 is 24.0. The maximum absolute atomic E-state index is 13.1. The number of ketones is 1. The molecule has 5 fully saturated rings. The standard InChI is InChI=1S/C28H35NO6/c1-4-33-25(31)34-20-8-7-18-13-21-26-9-10-28(32-3,19(14-26)16(2)30)24-27(26,22(18)23(20)35-24)11-12-29(21)15-17-5-6-17/h7-8,17,19,21,24H,4-6,9-15H2,1-3H3/t19-,21-,24-,26-,27+,28-/m1/s1. The van der Waals surface area contributed by atoms with Crippen LogP contribution in [0, 0.1) is 17.3 Å². The number of rotatable bonds is 6. The molecule has 0 amide bonds.